The van der Waals surface area contributed by atoms with Gasteiger partial charge in [-0.3, -0.25) is 10.1 Å². The SMILES string of the molecule is CN=C(NCCc1nc(-c2ccco2)n[nH]1)NC(C)c1ccccc1Br. The van der Waals surface area contributed by atoms with Crippen molar-refractivity contribution in [3.8, 4) is 11.6 Å². The Morgan fingerprint density at radius 1 is 1.31 bits per heavy atom. The molecule has 1 atom stereocenters. The van der Waals surface area contributed by atoms with Crippen molar-refractivity contribution in [3.05, 3.63) is 58.5 Å². The number of aliphatic imine (C=N–C) groups is 1. The molecule has 0 spiro atoms. The monoisotopic (exact) mass is 416 g/mol. The number of H-pyrrole nitrogens is 1. The number of furan rings is 1. The first-order valence-electron chi connectivity index (χ1n) is 8.34. The first kappa shape index (κ1) is 18.2. The lowest BCUT2D eigenvalue weighted by Crippen LogP contribution is -2.39. The number of benzene rings is 1. The zero-order chi connectivity index (χ0) is 18.4. The molecule has 3 N–H and O–H groups in total. The summed E-state index contributed by atoms with van der Waals surface area (Å²) in [5.74, 6) is 2.74. The first-order valence-corrected chi connectivity index (χ1v) is 9.13. The number of hydrogen-bond donors (Lipinski definition) is 3. The van der Waals surface area contributed by atoms with Crippen LogP contribution in [0.25, 0.3) is 11.6 Å². The van der Waals surface area contributed by atoms with Crippen LogP contribution in [-0.4, -0.2) is 34.7 Å². The molecular weight excluding hydrogens is 396 g/mol. The van der Waals surface area contributed by atoms with Crippen LogP contribution in [0.1, 0.15) is 24.4 Å². The van der Waals surface area contributed by atoms with Gasteiger partial charge in [0, 0.05) is 24.5 Å². The number of rotatable bonds is 6. The molecule has 0 radical (unpaired) electrons. The van der Waals surface area contributed by atoms with Crippen molar-refractivity contribution in [3.63, 3.8) is 0 Å². The molecule has 3 rings (SSSR count). The van der Waals surface area contributed by atoms with E-state index in [9.17, 15) is 0 Å². The molecule has 0 saturated carbocycles. The van der Waals surface area contributed by atoms with E-state index in [1.54, 1.807) is 13.3 Å². The zero-order valence-electron chi connectivity index (χ0n) is 14.7. The molecule has 0 aliphatic rings. The van der Waals surface area contributed by atoms with Crippen molar-refractivity contribution >= 4 is 21.9 Å². The molecule has 0 saturated heterocycles. The topological polar surface area (TPSA) is 91.1 Å². The van der Waals surface area contributed by atoms with Gasteiger partial charge in [0.25, 0.3) is 0 Å². The van der Waals surface area contributed by atoms with E-state index >= 15 is 0 Å². The highest BCUT2D eigenvalue weighted by Crippen LogP contribution is 2.22. The normalized spacial score (nSPS) is 12.8. The average Bonchev–Trinajstić information content (AvgIpc) is 3.32. The molecule has 0 aliphatic heterocycles. The Bertz CT molecular complexity index is 858. The third-order valence-electron chi connectivity index (χ3n) is 3.88. The fourth-order valence-electron chi connectivity index (χ4n) is 2.53. The van der Waals surface area contributed by atoms with Crippen LogP contribution in [0, 0.1) is 0 Å². The molecule has 0 fully saturated rings. The molecule has 2 heterocycles. The maximum Gasteiger partial charge on any atom is 0.216 e. The molecule has 26 heavy (non-hydrogen) atoms. The van der Waals surface area contributed by atoms with Crippen LogP contribution in [0.15, 0.2) is 56.5 Å². The van der Waals surface area contributed by atoms with Gasteiger partial charge in [-0.25, -0.2) is 4.98 Å². The van der Waals surface area contributed by atoms with Crippen LogP contribution in [-0.2, 0) is 6.42 Å². The molecule has 136 valence electrons. The largest absolute Gasteiger partial charge is 0.461 e. The number of aromatic amines is 1. The Morgan fingerprint density at radius 2 is 2.15 bits per heavy atom. The first-order chi connectivity index (χ1) is 12.7. The Hall–Kier alpha value is -2.61. The predicted molar refractivity (Wildman–Crippen MR) is 105 cm³/mol. The molecule has 1 unspecified atom stereocenters. The second kappa shape index (κ2) is 8.66. The summed E-state index contributed by atoms with van der Waals surface area (Å²) in [6.45, 7) is 2.77. The number of guanidine groups is 1. The predicted octanol–water partition coefficient (Wildman–Crippen LogP) is 3.30. The van der Waals surface area contributed by atoms with Crippen LogP contribution >= 0.6 is 15.9 Å². The summed E-state index contributed by atoms with van der Waals surface area (Å²) >= 11 is 3.58. The summed E-state index contributed by atoms with van der Waals surface area (Å²) in [5.41, 5.74) is 1.17. The van der Waals surface area contributed by atoms with Crippen molar-refractivity contribution in [2.45, 2.75) is 19.4 Å². The summed E-state index contributed by atoms with van der Waals surface area (Å²) in [6.07, 6.45) is 2.30. The number of halogens is 1. The standard InChI is InChI=1S/C18H21BrN6O/c1-12(13-6-3-4-7-14(13)19)22-18(20-2)21-10-9-16-23-17(25-24-16)15-8-5-11-26-15/h3-8,11-12H,9-10H2,1-2H3,(H2,20,21,22)(H,23,24,25). The van der Waals surface area contributed by atoms with Gasteiger partial charge in [-0.05, 0) is 30.7 Å². The van der Waals surface area contributed by atoms with Crippen molar-refractivity contribution in [2.75, 3.05) is 13.6 Å². The lowest BCUT2D eigenvalue weighted by molar-refractivity contribution is 0.577. The smallest absolute Gasteiger partial charge is 0.216 e. The summed E-state index contributed by atoms with van der Waals surface area (Å²) < 4.78 is 6.37. The van der Waals surface area contributed by atoms with E-state index < -0.39 is 0 Å². The van der Waals surface area contributed by atoms with Crippen molar-refractivity contribution in [1.82, 2.24) is 25.8 Å². The van der Waals surface area contributed by atoms with Gasteiger partial charge < -0.3 is 15.1 Å². The Labute approximate surface area is 160 Å². The summed E-state index contributed by atoms with van der Waals surface area (Å²) in [4.78, 5) is 8.71. The van der Waals surface area contributed by atoms with Gasteiger partial charge in [0.15, 0.2) is 11.7 Å². The average molecular weight is 417 g/mol. The minimum absolute atomic E-state index is 0.118. The quantitative estimate of drug-likeness (QED) is 0.423. The Balaban J connectivity index is 1.51. The molecular formula is C18H21BrN6O. The summed E-state index contributed by atoms with van der Waals surface area (Å²) in [6, 6.07) is 11.9. The van der Waals surface area contributed by atoms with Gasteiger partial charge in [-0.2, -0.15) is 5.10 Å². The Kier molecular flexibility index (Phi) is 6.06. The molecule has 2 aromatic heterocycles. The van der Waals surface area contributed by atoms with Gasteiger partial charge >= 0.3 is 0 Å². The minimum Gasteiger partial charge on any atom is -0.461 e. The van der Waals surface area contributed by atoms with E-state index in [0.717, 1.165) is 16.3 Å². The molecule has 0 amide bonds. The highest BCUT2D eigenvalue weighted by atomic mass is 79.9. The van der Waals surface area contributed by atoms with Crippen molar-refractivity contribution in [1.29, 1.82) is 0 Å². The highest BCUT2D eigenvalue weighted by Gasteiger charge is 2.11. The Morgan fingerprint density at radius 3 is 2.88 bits per heavy atom. The maximum absolute atomic E-state index is 5.29. The maximum atomic E-state index is 5.29. The van der Waals surface area contributed by atoms with Crippen molar-refractivity contribution in [2.24, 2.45) is 4.99 Å². The van der Waals surface area contributed by atoms with Crippen LogP contribution in [0.3, 0.4) is 0 Å². The number of hydrogen-bond acceptors (Lipinski definition) is 4. The fourth-order valence-corrected chi connectivity index (χ4v) is 3.15. The van der Waals surface area contributed by atoms with Gasteiger partial charge in [-0.1, -0.05) is 34.1 Å². The molecule has 7 nitrogen and oxygen atoms in total. The van der Waals surface area contributed by atoms with E-state index in [1.165, 1.54) is 5.56 Å². The fraction of sp³-hybridized carbons (Fsp3) is 0.278. The highest BCUT2D eigenvalue weighted by molar-refractivity contribution is 9.10. The van der Waals surface area contributed by atoms with E-state index in [4.69, 9.17) is 4.42 Å². The molecule has 1 aromatic carbocycles. The number of nitrogens with one attached hydrogen (secondary N) is 3. The minimum atomic E-state index is 0.118. The second-order valence-electron chi connectivity index (χ2n) is 5.72. The molecule has 0 bridgehead atoms. The zero-order valence-corrected chi connectivity index (χ0v) is 16.2. The van der Waals surface area contributed by atoms with Gasteiger partial charge in [0.1, 0.15) is 5.82 Å². The third-order valence-corrected chi connectivity index (χ3v) is 4.60. The number of aromatic nitrogens is 3. The van der Waals surface area contributed by atoms with Crippen LogP contribution in [0.4, 0.5) is 0 Å². The van der Waals surface area contributed by atoms with Gasteiger partial charge in [0.05, 0.1) is 12.3 Å². The number of nitrogens with zero attached hydrogens (tertiary/aromatic N) is 3. The third kappa shape index (κ3) is 4.51. The van der Waals surface area contributed by atoms with Crippen LogP contribution in [0.5, 0.6) is 0 Å². The lowest BCUT2D eigenvalue weighted by atomic mass is 10.1. The van der Waals surface area contributed by atoms with Gasteiger partial charge in [-0.15, -0.1) is 0 Å². The van der Waals surface area contributed by atoms with Crippen LogP contribution in [0.2, 0.25) is 0 Å². The van der Waals surface area contributed by atoms with E-state index in [2.05, 4.69) is 59.7 Å². The second-order valence-corrected chi connectivity index (χ2v) is 6.57. The van der Waals surface area contributed by atoms with E-state index in [0.29, 0.717) is 24.6 Å². The van der Waals surface area contributed by atoms with Gasteiger partial charge in [0.2, 0.25) is 5.82 Å². The van der Waals surface area contributed by atoms with Crippen molar-refractivity contribution < 1.29 is 4.42 Å². The summed E-state index contributed by atoms with van der Waals surface area (Å²) in [7, 11) is 1.76. The molecule has 3 aromatic rings. The molecule has 8 heteroatoms. The summed E-state index contributed by atoms with van der Waals surface area (Å²) in [5, 5.41) is 13.8. The molecule has 0 aliphatic carbocycles. The lowest BCUT2D eigenvalue weighted by Gasteiger charge is -2.19. The van der Waals surface area contributed by atoms with Crippen LogP contribution < -0.4 is 10.6 Å². The van der Waals surface area contributed by atoms with E-state index in [1.807, 2.05) is 30.3 Å². The van der Waals surface area contributed by atoms with E-state index in [-0.39, 0.29) is 6.04 Å².